The van der Waals surface area contributed by atoms with Gasteiger partial charge in [-0.2, -0.15) is 0 Å². The van der Waals surface area contributed by atoms with Gasteiger partial charge in [-0.05, 0) is 36.1 Å². The fraction of sp³-hybridized carbons (Fsp3) is 0.409. The summed E-state index contributed by atoms with van der Waals surface area (Å²) in [4.78, 5) is 32.3. The Morgan fingerprint density at radius 3 is 2.45 bits per heavy atom. The van der Waals surface area contributed by atoms with Gasteiger partial charge >= 0.3 is 5.97 Å². The number of nitrogens with two attached hydrogens (primary N) is 1. The lowest BCUT2D eigenvalue weighted by Gasteiger charge is -2.48. The number of carbonyl (C=O) groups excluding carboxylic acids is 1. The Balaban J connectivity index is 2.04. The normalized spacial score (nSPS) is 19.0. The molecule has 1 saturated heterocycles. The molecule has 1 aliphatic heterocycles. The maximum absolute atomic E-state index is 12.8. The van der Waals surface area contributed by atoms with E-state index in [1.54, 1.807) is 29.3 Å². The standard InChI is InChI=1S/C22H26Cl2N4O3/c1-13(2)7-17-11-28(22-18(25)8-16(24)10-26-22)19(14-3-5-15(23)6-4-14)12-27(17)20(29)9-21(30)31/h3-6,8,10,13,17,19H,7,9,11-12,25H2,1-2H3,(H,30,31). The van der Waals surface area contributed by atoms with Crippen molar-refractivity contribution in [3.05, 3.63) is 52.1 Å². The van der Waals surface area contributed by atoms with E-state index in [2.05, 4.69) is 23.7 Å². The molecule has 7 nitrogen and oxygen atoms in total. The van der Waals surface area contributed by atoms with Crippen molar-refractivity contribution in [2.24, 2.45) is 5.92 Å². The number of aromatic nitrogens is 1. The maximum atomic E-state index is 12.8. The molecule has 2 heterocycles. The quantitative estimate of drug-likeness (QED) is 0.619. The van der Waals surface area contributed by atoms with Gasteiger partial charge in [-0.3, -0.25) is 9.59 Å². The summed E-state index contributed by atoms with van der Waals surface area (Å²) in [6, 6.07) is 8.59. The van der Waals surface area contributed by atoms with E-state index in [0.29, 0.717) is 40.6 Å². The van der Waals surface area contributed by atoms with E-state index < -0.39 is 18.3 Å². The minimum Gasteiger partial charge on any atom is -0.481 e. The number of aliphatic carboxylic acids is 1. The van der Waals surface area contributed by atoms with Gasteiger partial charge in [0.05, 0.1) is 16.8 Å². The van der Waals surface area contributed by atoms with Crippen LogP contribution in [0.4, 0.5) is 11.5 Å². The topological polar surface area (TPSA) is 99.8 Å². The second-order valence-electron chi connectivity index (χ2n) is 8.19. The van der Waals surface area contributed by atoms with Gasteiger partial charge in [-0.15, -0.1) is 0 Å². The van der Waals surface area contributed by atoms with Gasteiger partial charge in [0.2, 0.25) is 5.91 Å². The van der Waals surface area contributed by atoms with Gasteiger partial charge in [0.15, 0.2) is 5.82 Å². The molecule has 3 N–H and O–H groups in total. The largest absolute Gasteiger partial charge is 0.481 e. The van der Waals surface area contributed by atoms with Crippen LogP contribution in [0.3, 0.4) is 0 Å². The van der Waals surface area contributed by atoms with Crippen molar-refractivity contribution in [2.45, 2.75) is 38.8 Å². The van der Waals surface area contributed by atoms with Gasteiger partial charge < -0.3 is 20.6 Å². The summed E-state index contributed by atoms with van der Waals surface area (Å²) in [7, 11) is 0. The number of halogens is 2. The number of hydrogen-bond acceptors (Lipinski definition) is 5. The number of pyridine rings is 1. The minimum absolute atomic E-state index is 0.174. The van der Waals surface area contributed by atoms with Crippen molar-refractivity contribution in [1.82, 2.24) is 9.88 Å². The molecule has 1 aliphatic rings. The van der Waals surface area contributed by atoms with E-state index in [9.17, 15) is 14.7 Å². The van der Waals surface area contributed by atoms with E-state index >= 15 is 0 Å². The monoisotopic (exact) mass is 464 g/mol. The van der Waals surface area contributed by atoms with Gasteiger partial charge in [-0.1, -0.05) is 49.2 Å². The first-order chi connectivity index (χ1) is 14.7. The van der Waals surface area contributed by atoms with Crippen molar-refractivity contribution in [3.8, 4) is 0 Å². The zero-order valence-electron chi connectivity index (χ0n) is 17.5. The number of benzene rings is 1. The molecule has 2 unspecified atom stereocenters. The summed E-state index contributed by atoms with van der Waals surface area (Å²) in [6.45, 7) is 4.93. The number of anilines is 2. The fourth-order valence-corrected chi connectivity index (χ4v) is 4.35. The molecule has 1 aromatic carbocycles. The molecule has 166 valence electrons. The van der Waals surface area contributed by atoms with Crippen LogP contribution in [-0.4, -0.2) is 46.0 Å². The lowest BCUT2D eigenvalue weighted by molar-refractivity contribution is -0.146. The van der Waals surface area contributed by atoms with Crippen molar-refractivity contribution in [1.29, 1.82) is 0 Å². The second-order valence-corrected chi connectivity index (χ2v) is 9.06. The Hall–Kier alpha value is -2.51. The molecule has 1 amide bonds. The molecular weight excluding hydrogens is 439 g/mol. The summed E-state index contributed by atoms with van der Waals surface area (Å²) in [5, 5.41) is 10.2. The lowest BCUT2D eigenvalue weighted by atomic mass is 9.94. The molecule has 31 heavy (non-hydrogen) atoms. The van der Waals surface area contributed by atoms with Crippen LogP contribution in [-0.2, 0) is 9.59 Å². The predicted octanol–water partition coefficient (Wildman–Crippen LogP) is 4.25. The Bertz CT molecular complexity index is 952. The summed E-state index contributed by atoms with van der Waals surface area (Å²) >= 11 is 12.1. The summed E-state index contributed by atoms with van der Waals surface area (Å²) in [6.07, 6.45) is 1.73. The molecule has 3 rings (SSSR count). The van der Waals surface area contributed by atoms with Crippen LogP contribution in [0.15, 0.2) is 36.5 Å². The van der Waals surface area contributed by atoms with E-state index in [1.165, 1.54) is 0 Å². The molecule has 0 bridgehead atoms. The Morgan fingerprint density at radius 2 is 1.87 bits per heavy atom. The summed E-state index contributed by atoms with van der Waals surface area (Å²) in [5.74, 6) is -0.630. The third-order valence-corrected chi connectivity index (χ3v) is 5.81. The van der Waals surface area contributed by atoms with Gasteiger partial charge in [-0.25, -0.2) is 4.98 Å². The average Bonchev–Trinajstić information content (AvgIpc) is 2.67. The molecule has 2 atom stereocenters. The summed E-state index contributed by atoms with van der Waals surface area (Å²) in [5.41, 5.74) is 7.63. The fourth-order valence-electron chi connectivity index (χ4n) is 4.06. The number of carboxylic acids is 1. The Labute approximate surface area is 191 Å². The molecule has 1 aromatic heterocycles. The molecule has 0 radical (unpaired) electrons. The van der Waals surface area contributed by atoms with Crippen LogP contribution in [0, 0.1) is 5.92 Å². The second kappa shape index (κ2) is 9.75. The first-order valence-corrected chi connectivity index (χ1v) is 10.9. The van der Waals surface area contributed by atoms with Crippen LogP contribution in [0.1, 0.15) is 38.3 Å². The molecule has 9 heteroatoms. The van der Waals surface area contributed by atoms with Crippen molar-refractivity contribution >= 4 is 46.6 Å². The zero-order valence-corrected chi connectivity index (χ0v) is 19.0. The van der Waals surface area contributed by atoms with Crippen molar-refractivity contribution in [3.63, 3.8) is 0 Å². The predicted molar refractivity (Wildman–Crippen MR) is 122 cm³/mol. The van der Waals surface area contributed by atoms with Gasteiger partial charge in [0.25, 0.3) is 0 Å². The highest BCUT2D eigenvalue weighted by molar-refractivity contribution is 6.31. The third-order valence-electron chi connectivity index (χ3n) is 5.35. The number of nitrogen functional groups attached to an aromatic ring is 1. The highest BCUT2D eigenvalue weighted by atomic mass is 35.5. The highest BCUT2D eigenvalue weighted by Gasteiger charge is 2.39. The first-order valence-electron chi connectivity index (χ1n) is 10.1. The number of hydrogen-bond donors (Lipinski definition) is 2. The van der Waals surface area contributed by atoms with Crippen LogP contribution in [0.5, 0.6) is 0 Å². The van der Waals surface area contributed by atoms with Crippen LogP contribution < -0.4 is 10.6 Å². The number of carbonyl (C=O) groups is 2. The van der Waals surface area contributed by atoms with Crippen LogP contribution in [0.25, 0.3) is 0 Å². The smallest absolute Gasteiger partial charge is 0.312 e. The molecule has 2 aromatic rings. The average molecular weight is 465 g/mol. The number of carboxylic acid groups (broad SMARTS) is 1. The number of piperazine rings is 1. The molecule has 0 spiro atoms. The third kappa shape index (κ3) is 5.60. The minimum atomic E-state index is -1.14. The maximum Gasteiger partial charge on any atom is 0.312 e. The Kier molecular flexibility index (Phi) is 7.28. The van der Waals surface area contributed by atoms with E-state index in [-0.39, 0.29) is 12.1 Å². The zero-order chi connectivity index (χ0) is 22.7. The van der Waals surface area contributed by atoms with E-state index in [4.69, 9.17) is 28.9 Å². The highest BCUT2D eigenvalue weighted by Crippen LogP contribution is 2.37. The SMILES string of the molecule is CC(C)CC1CN(c2ncc(Cl)cc2N)C(c2ccc(Cl)cc2)CN1C(=O)CC(=O)O. The number of rotatable bonds is 6. The number of nitrogens with zero attached hydrogens (tertiary/aromatic N) is 3. The van der Waals surface area contributed by atoms with Crippen molar-refractivity contribution < 1.29 is 14.7 Å². The van der Waals surface area contributed by atoms with Gasteiger partial charge in [0.1, 0.15) is 6.42 Å². The van der Waals surface area contributed by atoms with Crippen molar-refractivity contribution in [2.75, 3.05) is 23.7 Å². The molecular formula is C22H26Cl2N4O3. The Morgan fingerprint density at radius 1 is 1.19 bits per heavy atom. The van der Waals surface area contributed by atoms with E-state index in [1.807, 2.05) is 12.1 Å². The lowest BCUT2D eigenvalue weighted by Crippen LogP contribution is -2.57. The summed E-state index contributed by atoms with van der Waals surface area (Å²) < 4.78 is 0. The molecule has 1 fully saturated rings. The first kappa shape index (κ1) is 23.2. The van der Waals surface area contributed by atoms with Crippen LogP contribution >= 0.6 is 23.2 Å². The number of amides is 1. The van der Waals surface area contributed by atoms with Crippen LogP contribution in [0.2, 0.25) is 10.0 Å². The molecule has 0 saturated carbocycles. The van der Waals surface area contributed by atoms with E-state index in [0.717, 1.165) is 12.0 Å². The van der Waals surface area contributed by atoms with Gasteiger partial charge in [0, 0.05) is 30.4 Å². The molecule has 0 aliphatic carbocycles.